The lowest BCUT2D eigenvalue weighted by Crippen LogP contribution is -2.24. The van der Waals surface area contributed by atoms with Gasteiger partial charge in [0.2, 0.25) is 9.05 Å². The molecule has 0 aromatic heterocycles. The summed E-state index contributed by atoms with van der Waals surface area (Å²) >= 11 is 0. The van der Waals surface area contributed by atoms with E-state index in [0.717, 1.165) is 19.4 Å². The lowest BCUT2D eigenvalue weighted by molar-refractivity contribution is -0.0403. The molecule has 1 aliphatic heterocycles. The topological polar surface area (TPSA) is 52.6 Å². The molecule has 0 aromatic rings. The van der Waals surface area contributed by atoms with Crippen molar-refractivity contribution in [3.8, 4) is 0 Å². The van der Waals surface area contributed by atoms with Crippen LogP contribution in [0, 0.1) is 0 Å². The molecule has 1 unspecified atom stereocenters. The van der Waals surface area contributed by atoms with E-state index in [9.17, 15) is 8.42 Å². The van der Waals surface area contributed by atoms with Crippen molar-refractivity contribution in [3.63, 3.8) is 0 Å². The monoisotopic (exact) mass is 256 g/mol. The van der Waals surface area contributed by atoms with E-state index in [-0.39, 0.29) is 11.9 Å². The van der Waals surface area contributed by atoms with Gasteiger partial charge >= 0.3 is 0 Å². The van der Waals surface area contributed by atoms with Crippen molar-refractivity contribution in [2.75, 3.05) is 25.6 Å². The van der Waals surface area contributed by atoms with E-state index in [1.165, 1.54) is 6.42 Å². The maximum atomic E-state index is 10.6. The zero-order chi connectivity index (χ0) is 11.1. The molecule has 0 saturated carbocycles. The highest BCUT2D eigenvalue weighted by Gasteiger charge is 2.13. The van der Waals surface area contributed by atoms with E-state index in [0.29, 0.717) is 19.6 Å². The summed E-state index contributed by atoms with van der Waals surface area (Å²) in [5.41, 5.74) is 0. The van der Waals surface area contributed by atoms with Crippen molar-refractivity contribution < 1.29 is 17.9 Å². The minimum Gasteiger partial charge on any atom is -0.379 e. The Bertz CT molecular complexity index is 259. The fraction of sp³-hybridized carbons (Fsp3) is 1.00. The molecule has 0 bridgehead atoms. The van der Waals surface area contributed by atoms with Gasteiger partial charge in [0.15, 0.2) is 0 Å². The Balaban J connectivity index is 1.96. The van der Waals surface area contributed by atoms with Gasteiger partial charge in [0.05, 0.1) is 18.5 Å². The van der Waals surface area contributed by atoms with Crippen LogP contribution in [0.25, 0.3) is 0 Å². The van der Waals surface area contributed by atoms with Gasteiger partial charge in [-0.05, 0) is 25.7 Å². The Morgan fingerprint density at radius 2 is 2.20 bits per heavy atom. The third-order valence-corrected chi connectivity index (χ3v) is 3.49. The Kier molecular flexibility index (Phi) is 5.89. The van der Waals surface area contributed by atoms with Crippen LogP contribution >= 0.6 is 10.7 Å². The molecule has 90 valence electrons. The summed E-state index contributed by atoms with van der Waals surface area (Å²) in [5.74, 6) is -0.0277. The Labute approximate surface area is 95.3 Å². The minimum absolute atomic E-state index is 0.0277. The lowest BCUT2D eigenvalue weighted by Gasteiger charge is -2.22. The molecular formula is C9H17ClO4S. The number of ether oxygens (including phenoxy) is 2. The summed E-state index contributed by atoms with van der Waals surface area (Å²) in [7, 11) is 1.68. The Hall–Kier alpha value is 0.160. The second-order valence-corrected chi connectivity index (χ2v) is 6.56. The number of rotatable bonds is 6. The van der Waals surface area contributed by atoms with E-state index in [1.54, 1.807) is 0 Å². The van der Waals surface area contributed by atoms with Crippen LogP contribution < -0.4 is 0 Å². The molecule has 1 fully saturated rings. The first-order valence-electron chi connectivity index (χ1n) is 5.19. The molecule has 1 rings (SSSR count). The standard InChI is InChI=1S/C9H17ClO4S/c10-15(11,12)7-3-5-13-8-9-4-1-2-6-14-9/h9H,1-8H2. The molecule has 4 nitrogen and oxygen atoms in total. The van der Waals surface area contributed by atoms with Crippen LogP contribution in [0.1, 0.15) is 25.7 Å². The molecule has 1 atom stereocenters. The second-order valence-electron chi connectivity index (χ2n) is 3.66. The van der Waals surface area contributed by atoms with Gasteiger partial charge < -0.3 is 9.47 Å². The Morgan fingerprint density at radius 1 is 1.40 bits per heavy atom. The highest BCUT2D eigenvalue weighted by atomic mass is 35.7. The first-order chi connectivity index (χ1) is 7.08. The maximum Gasteiger partial charge on any atom is 0.232 e. The summed E-state index contributed by atoms with van der Waals surface area (Å²) in [6.45, 7) is 1.79. The predicted molar refractivity (Wildman–Crippen MR) is 58.7 cm³/mol. The van der Waals surface area contributed by atoms with Crippen molar-refractivity contribution in [3.05, 3.63) is 0 Å². The van der Waals surface area contributed by atoms with Crippen LogP contribution in [-0.4, -0.2) is 40.1 Å². The predicted octanol–water partition coefficient (Wildman–Crippen LogP) is 1.53. The van der Waals surface area contributed by atoms with Crippen LogP contribution in [0.15, 0.2) is 0 Å². The molecule has 0 aliphatic carbocycles. The number of hydrogen-bond acceptors (Lipinski definition) is 4. The summed E-state index contributed by atoms with van der Waals surface area (Å²) in [5, 5.41) is 0. The molecule has 0 amide bonds. The van der Waals surface area contributed by atoms with E-state index in [2.05, 4.69) is 0 Å². The van der Waals surface area contributed by atoms with Gasteiger partial charge in [-0.3, -0.25) is 0 Å². The number of halogens is 1. The quantitative estimate of drug-likeness (QED) is 0.534. The minimum atomic E-state index is -3.37. The zero-order valence-corrected chi connectivity index (χ0v) is 10.2. The van der Waals surface area contributed by atoms with Crippen molar-refractivity contribution in [2.24, 2.45) is 0 Å². The lowest BCUT2D eigenvalue weighted by atomic mass is 10.1. The van der Waals surface area contributed by atoms with Crippen molar-refractivity contribution in [1.82, 2.24) is 0 Å². The van der Waals surface area contributed by atoms with E-state index < -0.39 is 9.05 Å². The van der Waals surface area contributed by atoms with Crippen LogP contribution in [0.2, 0.25) is 0 Å². The molecule has 0 N–H and O–H groups in total. The average molecular weight is 257 g/mol. The van der Waals surface area contributed by atoms with Gasteiger partial charge in [-0.25, -0.2) is 8.42 Å². The summed E-state index contributed by atoms with van der Waals surface area (Å²) in [6, 6.07) is 0. The molecule has 1 saturated heterocycles. The van der Waals surface area contributed by atoms with Gasteiger partial charge in [-0.2, -0.15) is 0 Å². The molecule has 1 aliphatic rings. The molecule has 1 heterocycles. The summed E-state index contributed by atoms with van der Waals surface area (Å²) in [4.78, 5) is 0. The van der Waals surface area contributed by atoms with E-state index >= 15 is 0 Å². The van der Waals surface area contributed by atoms with Crippen LogP contribution in [0.5, 0.6) is 0 Å². The highest BCUT2D eigenvalue weighted by molar-refractivity contribution is 8.13. The van der Waals surface area contributed by atoms with Crippen molar-refractivity contribution in [1.29, 1.82) is 0 Å². The first-order valence-corrected chi connectivity index (χ1v) is 7.67. The van der Waals surface area contributed by atoms with Crippen LogP contribution in [0.3, 0.4) is 0 Å². The molecule has 0 spiro atoms. The largest absolute Gasteiger partial charge is 0.379 e. The van der Waals surface area contributed by atoms with E-state index in [4.69, 9.17) is 20.2 Å². The van der Waals surface area contributed by atoms with Gasteiger partial charge in [0, 0.05) is 23.9 Å². The first kappa shape index (κ1) is 13.2. The molecule has 0 aromatic carbocycles. The van der Waals surface area contributed by atoms with Crippen molar-refractivity contribution in [2.45, 2.75) is 31.8 Å². The van der Waals surface area contributed by atoms with Gasteiger partial charge in [-0.15, -0.1) is 0 Å². The smallest absolute Gasteiger partial charge is 0.232 e. The molecular weight excluding hydrogens is 240 g/mol. The molecule has 0 radical (unpaired) electrons. The van der Waals surface area contributed by atoms with Crippen molar-refractivity contribution >= 4 is 19.7 Å². The van der Waals surface area contributed by atoms with Gasteiger partial charge in [-0.1, -0.05) is 0 Å². The highest BCUT2D eigenvalue weighted by Crippen LogP contribution is 2.12. The fourth-order valence-electron chi connectivity index (χ4n) is 1.49. The average Bonchev–Trinajstić information content (AvgIpc) is 2.17. The van der Waals surface area contributed by atoms with E-state index in [1.807, 2.05) is 0 Å². The van der Waals surface area contributed by atoms with Gasteiger partial charge in [0.1, 0.15) is 0 Å². The molecule has 6 heteroatoms. The Morgan fingerprint density at radius 3 is 2.80 bits per heavy atom. The fourth-order valence-corrected chi connectivity index (χ4v) is 2.28. The molecule has 15 heavy (non-hydrogen) atoms. The van der Waals surface area contributed by atoms with Crippen LogP contribution in [0.4, 0.5) is 0 Å². The third-order valence-electron chi connectivity index (χ3n) is 2.25. The summed E-state index contributed by atoms with van der Waals surface area (Å²) in [6.07, 6.45) is 3.98. The second kappa shape index (κ2) is 6.68. The number of hydrogen-bond donors (Lipinski definition) is 0. The summed E-state index contributed by atoms with van der Waals surface area (Å²) < 4.78 is 31.9. The zero-order valence-electron chi connectivity index (χ0n) is 8.65. The van der Waals surface area contributed by atoms with Crippen LogP contribution in [-0.2, 0) is 18.5 Å². The third kappa shape index (κ3) is 7.11. The maximum absolute atomic E-state index is 10.6. The normalized spacial score (nSPS) is 22.9. The SMILES string of the molecule is O=S(=O)(Cl)CCCOCC1CCCCO1. The van der Waals surface area contributed by atoms with Gasteiger partial charge in [0.25, 0.3) is 0 Å².